The Morgan fingerprint density at radius 1 is 1.14 bits per heavy atom. The van der Waals surface area contributed by atoms with E-state index in [1.54, 1.807) is 23.1 Å². The summed E-state index contributed by atoms with van der Waals surface area (Å²) in [5, 5.41) is 13.3. The molecule has 3 rings (SSSR count). The minimum atomic E-state index is -0.711. The molecule has 9 nitrogen and oxygen atoms in total. The first kappa shape index (κ1) is 19.0. The Hall–Kier alpha value is -3.75. The highest BCUT2D eigenvalue weighted by atomic mass is 16.6. The number of nitrogens with zero attached hydrogens (tertiary/aromatic N) is 2. The van der Waals surface area contributed by atoms with E-state index in [9.17, 15) is 24.5 Å². The zero-order chi connectivity index (χ0) is 20.1. The number of anilines is 2. The van der Waals surface area contributed by atoms with Crippen LogP contribution in [0.15, 0.2) is 48.5 Å². The minimum Gasteiger partial charge on any atom is -0.452 e. The van der Waals surface area contributed by atoms with Gasteiger partial charge < -0.3 is 15.0 Å². The molecule has 1 aliphatic rings. The molecule has 0 aliphatic carbocycles. The molecule has 28 heavy (non-hydrogen) atoms. The molecule has 0 unspecified atom stereocenters. The van der Waals surface area contributed by atoms with Crippen LogP contribution < -0.4 is 10.2 Å². The lowest BCUT2D eigenvalue weighted by Gasteiger charge is -2.15. The smallest absolute Gasteiger partial charge is 0.338 e. The molecule has 144 valence electrons. The Morgan fingerprint density at radius 2 is 1.86 bits per heavy atom. The van der Waals surface area contributed by atoms with E-state index in [2.05, 4.69) is 5.32 Å². The Bertz CT molecular complexity index is 926. The third-order valence-electron chi connectivity index (χ3n) is 4.20. The quantitative estimate of drug-likeness (QED) is 0.465. The second-order valence-electron chi connectivity index (χ2n) is 6.09. The lowest BCUT2D eigenvalue weighted by atomic mass is 10.2. The molecule has 1 fully saturated rings. The average Bonchev–Trinajstić information content (AvgIpc) is 3.12. The molecule has 1 saturated heterocycles. The van der Waals surface area contributed by atoms with Gasteiger partial charge in [0, 0.05) is 24.7 Å². The van der Waals surface area contributed by atoms with Gasteiger partial charge in [-0.3, -0.25) is 19.7 Å². The molecule has 0 aromatic heterocycles. The van der Waals surface area contributed by atoms with Gasteiger partial charge in [-0.25, -0.2) is 4.79 Å². The fourth-order valence-corrected chi connectivity index (χ4v) is 2.84. The van der Waals surface area contributed by atoms with Crippen LogP contribution in [0.5, 0.6) is 0 Å². The van der Waals surface area contributed by atoms with Crippen molar-refractivity contribution in [3.05, 3.63) is 64.2 Å². The lowest BCUT2D eigenvalue weighted by molar-refractivity contribution is -0.383. The molecule has 0 radical (unpaired) electrons. The van der Waals surface area contributed by atoms with Crippen LogP contribution in [-0.2, 0) is 14.3 Å². The number of benzene rings is 2. The highest BCUT2D eigenvalue weighted by molar-refractivity contribution is 5.98. The van der Waals surface area contributed by atoms with Gasteiger partial charge in [-0.15, -0.1) is 0 Å². The fourth-order valence-electron chi connectivity index (χ4n) is 2.84. The van der Waals surface area contributed by atoms with E-state index in [0.717, 1.165) is 6.42 Å². The first-order chi connectivity index (χ1) is 13.5. The number of amides is 2. The van der Waals surface area contributed by atoms with Gasteiger partial charge in [0.05, 0.1) is 10.5 Å². The number of nitrogens with one attached hydrogen (secondary N) is 1. The Balaban J connectivity index is 1.56. The van der Waals surface area contributed by atoms with Crippen LogP contribution in [0.25, 0.3) is 0 Å². The van der Waals surface area contributed by atoms with Crippen molar-refractivity contribution in [1.82, 2.24) is 0 Å². The van der Waals surface area contributed by atoms with Gasteiger partial charge in [0.25, 0.3) is 11.6 Å². The molecule has 0 bridgehead atoms. The number of hydrogen-bond acceptors (Lipinski definition) is 6. The molecule has 2 aromatic carbocycles. The molecule has 9 heteroatoms. The number of hydrogen-bond donors (Lipinski definition) is 1. The third-order valence-corrected chi connectivity index (χ3v) is 4.20. The van der Waals surface area contributed by atoms with E-state index in [-0.39, 0.29) is 22.8 Å². The van der Waals surface area contributed by atoms with Gasteiger partial charge in [-0.2, -0.15) is 0 Å². The first-order valence-electron chi connectivity index (χ1n) is 8.56. The van der Waals surface area contributed by atoms with E-state index in [4.69, 9.17) is 4.74 Å². The summed E-state index contributed by atoms with van der Waals surface area (Å²) in [5.41, 5.74) is 0.699. The summed E-state index contributed by atoms with van der Waals surface area (Å²) in [6.07, 6.45) is 1.32. The summed E-state index contributed by atoms with van der Waals surface area (Å²) in [5.74, 6) is -1.36. The molecule has 0 spiro atoms. The molecule has 1 heterocycles. The number of nitro groups is 1. The molecule has 2 amide bonds. The summed E-state index contributed by atoms with van der Waals surface area (Å²) < 4.78 is 4.95. The monoisotopic (exact) mass is 383 g/mol. The van der Waals surface area contributed by atoms with Gasteiger partial charge in [0.1, 0.15) is 5.69 Å². The van der Waals surface area contributed by atoms with Crippen LogP contribution in [0.4, 0.5) is 17.1 Å². The van der Waals surface area contributed by atoms with Crippen molar-refractivity contribution in [1.29, 1.82) is 0 Å². The highest BCUT2D eigenvalue weighted by Crippen LogP contribution is 2.23. The highest BCUT2D eigenvalue weighted by Gasteiger charge is 2.22. The topological polar surface area (TPSA) is 119 Å². The second kappa shape index (κ2) is 8.30. The molecule has 1 aliphatic heterocycles. The summed E-state index contributed by atoms with van der Waals surface area (Å²) in [4.78, 5) is 47.7. The summed E-state index contributed by atoms with van der Waals surface area (Å²) in [7, 11) is 0. The fraction of sp³-hybridized carbons (Fsp3) is 0.211. The average molecular weight is 383 g/mol. The number of rotatable bonds is 6. The van der Waals surface area contributed by atoms with Crippen LogP contribution in [0, 0.1) is 10.1 Å². The number of carbonyl (C=O) groups excluding carboxylic acids is 3. The van der Waals surface area contributed by atoms with E-state index in [1.165, 1.54) is 30.3 Å². The number of para-hydroxylation sites is 2. The second-order valence-corrected chi connectivity index (χ2v) is 6.09. The minimum absolute atomic E-state index is 0.0215. The summed E-state index contributed by atoms with van der Waals surface area (Å²) >= 11 is 0. The van der Waals surface area contributed by atoms with E-state index >= 15 is 0 Å². The van der Waals surface area contributed by atoms with Gasteiger partial charge >= 0.3 is 5.97 Å². The van der Waals surface area contributed by atoms with Crippen LogP contribution in [0.3, 0.4) is 0 Å². The molecular formula is C19H17N3O6. The van der Waals surface area contributed by atoms with Crippen molar-refractivity contribution in [2.45, 2.75) is 12.8 Å². The Morgan fingerprint density at radius 3 is 2.50 bits per heavy atom. The van der Waals surface area contributed by atoms with Crippen LogP contribution >= 0.6 is 0 Å². The summed E-state index contributed by atoms with van der Waals surface area (Å²) in [6, 6.07) is 12.0. The first-order valence-corrected chi connectivity index (χ1v) is 8.56. The molecular weight excluding hydrogens is 366 g/mol. The molecule has 0 atom stereocenters. The van der Waals surface area contributed by atoms with Gasteiger partial charge in [-0.1, -0.05) is 12.1 Å². The van der Waals surface area contributed by atoms with E-state index in [1.807, 2.05) is 0 Å². The third kappa shape index (κ3) is 4.32. The van der Waals surface area contributed by atoms with Crippen molar-refractivity contribution in [2.75, 3.05) is 23.4 Å². The standard InChI is InChI=1S/C19H17N3O6/c23-17(20-15-4-1-2-5-16(15)22(26)27)12-28-19(25)13-7-9-14(10-8-13)21-11-3-6-18(21)24/h1-2,4-5,7-10H,3,6,11-12H2,(H,20,23). The number of esters is 1. The Labute approximate surface area is 160 Å². The predicted octanol–water partition coefficient (Wildman–Crippen LogP) is 2.52. The normalized spacial score (nSPS) is 13.3. The van der Waals surface area contributed by atoms with Crippen molar-refractivity contribution in [3.63, 3.8) is 0 Å². The Kier molecular flexibility index (Phi) is 5.64. The maximum Gasteiger partial charge on any atom is 0.338 e. The molecule has 0 saturated carbocycles. The van der Waals surface area contributed by atoms with Crippen LogP contribution in [0.2, 0.25) is 0 Å². The zero-order valence-corrected chi connectivity index (χ0v) is 14.8. The van der Waals surface area contributed by atoms with Crippen LogP contribution in [-0.4, -0.2) is 35.9 Å². The van der Waals surface area contributed by atoms with Gasteiger partial charge in [0.15, 0.2) is 6.61 Å². The SMILES string of the molecule is O=C(COC(=O)c1ccc(N2CCCC2=O)cc1)Nc1ccccc1[N+](=O)[O-]. The lowest BCUT2D eigenvalue weighted by Crippen LogP contribution is -2.24. The van der Waals surface area contributed by atoms with Crippen molar-refractivity contribution in [2.24, 2.45) is 0 Å². The van der Waals surface area contributed by atoms with Crippen molar-refractivity contribution in [3.8, 4) is 0 Å². The van der Waals surface area contributed by atoms with Crippen LogP contribution in [0.1, 0.15) is 23.2 Å². The maximum atomic E-state index is 12.1. The molecule has 2 aromatic rings. The maximum absolute atomic E-state index is 12.1. The number of ether oxygens (including phenoxy) is 1. The van der Waals surface area contributed by atoms with Crippen molar-refractivity contribution >= 4 is 34.8 Å². The largest absolute Gasteiger partial charge is 0.452 e. The summed E-state index contributed by atoms with van der Waals surface area (Å²) in [6.45, 7) is 0.0612. The number of nitro benzene ring substituents is 1. The van der Waals surface area contributed by atoms with E-state index in [0.29, 0.717) is 18.7 Å². The zero-order valence-electron chi connectivity index (χ0n) is 14.8. The number of carbonyl (C=O) groups is 3. The van der Waals surface area contributed by atoms with E-state index < -0.39 is 23.4 Å². The van der Waals surface area contributed by atoms with Crippen molar-refractivity contribution < 1.29 is 24.0 Å². The molecule has 1 N–H and O–H groups in total. The predicted molar refractivity (Wildman–Crippen MR) is 100 cm³/mol. The van der Waals surface area contributed by atoms with Gasteiger partial charge in [0.2, 0.25) is 5.91 Å². The van der Waals surface area contributed by atoms with Gasteiger partial charge in [-0.05, 0) is 36.8 Å².